The van der Waals surface area contributed by atoms with Crippen LogP contribution < -0.4 is 16.0 Å². The van der Waals surface area contributed by atoms with Crippen LogP contribution in [-0.2, 0) is 4.74 Å². The van der Waals surface area contributed by atoms with Crippen LogP contribution in [0.3, 0.4) is 0 Å². The highest BCUT2D eigenvalue weighted by atomic mass is 16.5. The second-order valence-corrected chi connectivity index (χ2v) is 4.65. The standard InChI is InChI=1S/C16H21N3O2/c1-21-12-11-17-9-10-18-16(20)19-15-8-4-6-13-5-2-3-7-14(13)15/h2-8,17H,9-12H2,1H3,(H2,18,19,20). The minimum absolute atomic E-state index is 0.195. The number of urea groups is 1. The van der Waals surface area contributed by atoms with E-state index in [9.17, 15) is 4.79 Å². The van der Waals surface area contributed by atoms with Gasteiger partial charge in [-0.15, -0.1) is 0 Å². The number of anilines is 1. The van der Waals surface area contributed by atoms with Gasteiger partial charge in [0.15, 0.2) is 0 Å². The predicted molar refractivity (Wildman–Crippen MR) is 85.7 cm³/mol. The first-order valence-electron chi connectivity index (χ1n) is 7.03. The lowest BCUT2D eigenvalue weighted by atomic mass is 10.1. The first kappa shape index (κ1) is 15.3. The zero-order chi connectivity index (χ0) is 14.9. The SMILES string of the molecule is COCCNCCNC(=O)Nc1cccc2ccccc12. The molecule has 5 heteroatoms. The Labute approximate surface area is 124 Å². The van der Waals surface area contributed by atoms with Gasteiger partial charge in [-0.1, -0.05) is 36.4 Å². The van der Waals surface area contributed by atoms with E-state index >= 15 is 0 Å². The molecule has 5 nitrogen and oxygen atoms in total. The number of amides is 2. The van der Waals surface area contributed by atoms with Gasteiger partial charge >= 0.3 is 6.03 Å². The van der Waals surface area contributed by atoms with Gasteiger partial charge in [0.05, 0.1) is 12.3 Å². The highest BCUT2D eigenvalue weighted by Crippen LogP contribution is 2.22. The summed E-state index contributed by atoms with van der Waals surface area (Å²) < 4.78 is 4.93. The molecule has 0 aliphatic rings. The number of fused-ring (bicyclic) bond motifs is 1. The highest BCUT2D eigenvalue weighted by Gasteiger charge is 2.04. The number of rotatable bonds is 7. The van der Waals surface area contributed by atoms with E-state index in [1.807, 2.05) is 42.5 Å². The van der Waals surface area contributed by atoms with Crippen LogP contribution >= 0.6 is 0 Å². The number of methoxy groups -OCH3 is 1. The fourth-order valence-corrected chi connectivity index (χ4v) is 2.06. The van der Waals surface area contributed by atoms with Crippen LogP contribution in [-0.4, -0.2) is 39.4 Å². The van der Waals surface area contributed by atoms with E-state index in [1.165, 1.54) is 0 Å². The summed E-state index contributed by atoms with van der Waals surface area (Å²) in [5.41, 5.74) is 0.818. The van der Waals surface area contributed by atoms with Crippen LogP contribution in [0.5, 0.6) is 0 Å². The van der Waals surface area contributed by atoms with Gasteiger partial charge in [-0.25, -0.2) is 4.79 Å². The molecule has 2 aromatic carbocycles. The summed E-state index contributed by atoms with van der Waals surface area (Å²) >= 11 is 0. The van der Waals surface area contributed by atoms with E-state index in [0.29, 0.717) is 19.7 Å². The van der Waals surface area contributed by atoms with Gasteiger partial charge < -0.3 is 20.7 Å². The number of carbonyl (C=O) groups is 1. The normalized spacial score (nSPS) is 10.5. The maximum Gasteiger partial charge on any atom is 0.319 e. The van der Waals surface area contributed by atoms with Gasteiger partial charge in [0.2, 0.25) is 0 Å². The minimum Gasteiger partial charge on any atom is -0.383 e. The lowest BCUT2D eigenvalue weighted by Gasteiger charge is -2.10. The molecule has 0 unspecified atom stereocenters. The molecule has 0 saturated heterocycles. The molecule has 21 heavy (non-hydrogen) atoms. The number of carbonyl (C=O) groups excluding carboxylic acids is 1. The van der Waals surface area contributed by atoms with Crippen LogP contribution in [0.25, 0.3) is 10.8 Å². The van der Waals surface area contributed by atoms with Crippen molar-refractivity contribution in [1.82, 2.24) is 10.6 Å². The van der Waals surface area contributed by atoms with Crippen molar-refractivity contribution in [1.29, 1.82) is 0 Å². The molecule has 0 spiro atoms. The Hall–Kier alpha value is -2.11. The van der Waals surface area contributed by atoms with Crippen molar-refractivity contribution in [3.05, 3.63) is 42.5 Å². The third-order valence-electron chi connectivity index (χ3n) is 3.11. The lowest BCUT2D eigenvalue weighted by Crippen LogP contribution is -2.35. The predicted octanol–water partition coefficient (Wildman–Crippen LogP) is 2.20. The molecule has 0 aromatic heterocycles. The molecule has 2 amide bonds. The Balaban J connectivity index is 1.82. The molecule has 0 bridgehead atoms. The molecule has 2 rings (SSSR count). The first-order valence-corrected chi connectivity index (χ1v) is 7.03. The van der Waals surface area contributed by atoms with E-state index < -0.39 is 0 Å². The van der Waals surface area contributed by atoms with Crippen LogP contribution in [0.2, 0.25) is 0 Å². The topological polar surface area (TPSA) is 62.4 Å². The number of ether oxygens (including phenoxy) is 1. The average molecular weight is 287 g/mol. The van der Waals surface area contributed by atoms with Crippen molar-refractivity contribution < 1.29 is 9.53 Å². The van der Waals surface area contributed by atoms with Crippen LogP contribution in [0, 0.1) is 0 Å². The van der Waals surface area contributed by atoms with E-state index in [4.69, 9.17) is 4.74 Å². The van der Waals surface area contributed by atoms with Crippen LogP contribution in [0.1, 0.15) is 0 Å². The van der Waals surface area contributed by atoms with Gasteiger partial charge in [0.25, 0.3) is 0 Å². The summed E-state index contributed by atoms with van der Waals surface area (Å²) in [7, 11) is 1.66. The molecule has 0 atom stereocenters. The molecule has 0 aliphatic heterocycles. The summed E-state index contributed by atoms with van der Waals surface area (Å²) in [4.78, 5) is 11.9. The fourth-order valence-electron chi connectivity index (χ4n) is 2.06. The summed E-state index contributed by atoms with van der Waals surface area (Å²) in [6.45, 7) is 2.73. The molecular formula is C16H21N3O2. The van der Waals surface area contributed by atoms with Crippen LogP contribution in [0.4, 0.5) is 10.5 Å². The monoisotopic (exact) mass is 287 g/mol. The molecular weight excluding hydrogens is 266 g/mol. The molecule has 0 saturated carbocycles. The number of hydrogen-bond donors (Lipinski definition) is 3. The molecule has 0 radical (unpaired) electrons. The third-order valence-corrected chi connectivity index (χ3v) is 3.11. The Bertz CT molecular complexity index is 581. The zero-order valence-corrected chi connectivity index (χ0v) is 12.2. The van der Waals surface area contributed by atoms with Crippen LogP contribution in [0.15, 0.2) is 42.5 Å². The van der Waals surface area contributed by atoms with E-state index in [2.05, 4.69) is 16.0 Å². The van der Waals surface area contributed by atoms with Crippen molar-refractivity contribution in [2.75, 3.05) is 38.7 Å². The Morgan fingerprint density at radius 3 is 2.71 bits per heavy atom. The smallest absolute Gasteiger partial charge is 0.319 e. The summed E-state index contributed by atoms with van der Waals surface area (Å²) in [5.74, 6) is 0. The molecule has 3 N–H and O–H groups in total. The third kappa shape index (κ3) is 4.73. The number of benzene rings is 2. The lowest BCUT2D eigenvalue weighted by molar-refractivity contribution is 0.199. The molecule has 0 heterocycles. The van der Waals surface area contributed by atoms with Gasteiger partial charge in [-0.3, -0.25) is 0 Å². The minimum atomic E-state index is -0.195. The van der Waals surface area contributed by atoms with Crippen molar-refractivity contribution in [2.24, 2.45) is 0 Å². The van der Waals surface area contributed by atoms with Crippen molar-refractivity contribution >= 4 is 22.5 Å². The van der Waals surface area contributed by atoms with E-state index in [0.717, 1.165) is 23.0 Å². The summed E-state index contributed by atoms with van der Waals surface area (Å²) in [5, 5.41) is 11.0. The Kier molecular flexibility index (Phi) is 5.99. The largest absolute Gasteiger partial charge is 0.383 e. The Morgan fingerprint density at radius 2 is 1.86 bits per heavy atom. The average Bonchev–Trinajstić information content (AvgIpc) is 2.51. The van der Waals surface area contributed by atoms with Gasteiger partial charge in [-0.05, 0) is 11.5 Å². The molecule has 0 fully saturated rings. The molecule has 112 valence electrons. The first-order chi connectivity index (χ1) is 10.3. The molecule has 2 aromatic rings. The second-order valence-electron chi connectivity index (χ2n) is 4.65. The van der Waals surface area contributed by atoms with E-state index in [-0.39, 0.29) is 6.03 Å². The van der Waals surface area contributed by atoms with Gasteiger partial charge in [-0.2, -0.15) is 0 Å². The zero-order valence-electron chi connectivity index (χ0n) is 12.2. The van der Waals surface area contributed by atoms with Crippen molar-refractivity contribution in [2.45, 2.75) is 0 Å². The summed E-state index contributed by atoms with van der Waals surface area (Å²) in [6, 6.07) is 13.6. The van der Waals surface area contributed by atoms with Gasteiger partial charge in [0.1, 0.15) is 0 Å². The Morgan fingerprint density at radius 1 is 1.05 bits per heavy atom. The van der Waals surface area contributed by atoms with Gasteiger partial charge in [0, 0.05) is 32.1 Å². The maximum absolute atomic E-state index is 11.9. The number of hydrogen-bond acceptors (Lipinski definition) is 3. The van der Waals surface area contributed by atoms with Crippen molar-refractivity contribution in [3.8, 4) is 0 Å². The fraction of sp³-hybridized carbons (Fsp3) is 0.312. The van der Waals surface area contributed by atoms with Crippen molar-refractivity contribution in [3.63, 3.8) is 0 Å². The quantitative estimate of drug-likeness (QED) is 0.684. The summed E-state index contributed by atoms with van der Waals surface area (Å²) in [6.07, 6.45) is 0. The molecule has 0 aliphatic carbocycles. The number of nitrogens with one attached hydrogen (secondary N) is 3. The van der Waals surface area contributed by atoms with E-state index in [1.54, 1.807) is 7.11 Å². The second kappa shape index (κ2) is 8.24. The maximum atomic E-state index is 11.9. The highest BCUT2D eigenvalue weighted by molar-refractivity contribution is 6.01.